The third-order valence-corrected chi connectivity index (χ3v) is 14.7. The summed E-state index contributed by atoms with van der Waals surface area (Å²) in [6, 6.07) is 0. The van der Waals surface area contributed by atoms with Gasteiger partial charge in [-0.3, -0.25) is 14.4 Å². The molecule has 0 spiro atoms. The topological polar surface area (TPSA) is 78.9 Å². The average molecular weight is 934 g/mol. The summed E-state index contributed by atoms with van der Waals surface area (Å²) in [5.41, 5.74) is 0. The van der Waals surface area contributed by atoms with Crippen LogP contribution in [0.15, 0.2) is 0 Å². The lowest BCUT2D eigenvalue weighted by atomic mass is 9.99. The molecule has 0 heterocycles. The van der Waals surface area contributed by atoms with Gasteiger partial charge in [-0.1, -0.05) is 292 Å². The van der Waals surface area contributed by atoms with Gasteiger partial charge in [0.1, 0.15) is 13.2 Å². The SMILES string of the molecule is CCC(C)CCCCCCCCCCCCCCCCCCCCC(=O)OC[C@@H](COC(=O)CCCCCCCCCCC(C)CC)OC(=O)CCCCCCCCCCCCC(C)CC. The van der Waals surface area contributed by atoms with Crippen LogP contribution in [0.25, 0.3) is 0 Å². The van der Waals surface area contributed by atoms with E-state index >= 15 is 0 Å². The van der Waals surface area contributed by atoms with Crippen molar-refractivity contribution in [2.24, 2.45) is 17.8 Å². The summed E-state index contributed by atoms with van der Waals surface area (Å²) in [6.45, 7) is 13.8. The maximum absolute atomic E-state index is 12.8. The Morgan fingerprint density at radius 2 is 0.485 bits per heavy atom. The van der Waals surface area contributed by atoms with Gasteiger partial charge in [-0.2, -0.15) is 0 Å². The largest absolute Gasteiger partial charge is 0.462 e. The number of esters is 3. The molecule has 0 aliphatic carbocycles. The summed E-state index contributed by atoms with van der Waals surface area (Å²) in [4.78, 5) is 38.1. The Kier molecular flexibility index (Phi) is 50.0. The molecule has 0 amide bonds. The summed E-state index contributed by atoms with van der Waals surface area (Å²) in [6.07, 6.45) is 53.7. The van der Waals surface area contributed by atoms with E-state index in [-0.39, 0.29) is 31.1 Å². The third-order valence-electron chi connectivity index (χ3n) is 14.7. The minimum atomic E-state index is -0.764. The van der Waals surface area contributed by atoms with Crippen molar-refractivity contribution in [3.63, 3.8) is 0 Å². The standard InChI is InChI=1S/C60H116O6/c1-7-54(4)46-40-34-28-22-18-16-14-12-10-11-13-15-17-19-24-31-37-43-49-58(61)64-52-57(53-65-59(62)50-44-38-32-27-26-30-36-42-48-56(6)9-3)66-60(63)51-45-39-33-25-21-20-23-29-35-41-47-55(5)8-2/h54-57H,7-53H2,1-6H3/t54?,55?,56?,57-/m0/s1. The Balaban J connectivity index is 4.24. The molecule has 0 aromatic rings. The van der Waals surface area contributed by atoms with E-state index in [1.165, 1.54) is 212 Å². The normalized spacial score (nSPS) is 13.4. The molecule has 4 atom stereocenters. The third kappa shape index (κ3) is 48.9. The number of carbonyl (C=O) groups is 3. The molecular weight excluding hydrogens is 817 g/mol. The van der Waals surface area contributed by atoms with Crippen molar-refractivity contribution in [3.8, 4) is 0 Å². The molecule has 0 aromatic carbocycles. The smallest absolute Gasteiger partial charge is 0.306 e. The maximum atomic E-state index is 12.8. The van der Waals surface area contributed by atoms with E-state index in [4.69, 9.17) is 14.2 Å². The molecule has 392 valence electrons. The van der Waals surface area contributed by atoms with Crippen LogP contribution < -0.4 is 0 Å². The molecule has 0 aromatic heterocycles. The molecular formula is C60H116O6. The highest BCUT2D eigenvalue weighted by atomic mass is 16.6. The molecule has 0 saturated heterocycles. The van der Waals surface area contributed by atoms with Gasteiger partial charge in [0.25, 0.3) is 0 Å². The molecule has 0 fully saturated rings. The molecule has 3 unspecified atom stereocenters. The van der Waals surface area contributed by atoms with Crippen LogP contribution in [0, 0.1) is 17.8 Å². The highest BCUT2D eigenvalue weighted by molar-refractivity contribution is 5.71. The second-order valence-electron chi connectivity index (χ2n) is 21.4. The van der Waals surface area contributed by atoms with Crippen molar-refractivity contribution in [2.45, 2.75) is 337 Å². The Hall–Kier alpha value is -1.59. The lowest BCUT2D eigenvalue weighted by Crippen LogP contribution is -2.30. The van der Waals surface area contributed by atoms with E-state index in [0.717, 1.165) is 75.5 Å². The molecule has 0 N–H and O–H groups in total. The van der Waals surface area contributed by atoms with Crippen molar-refractivity contribution in [1.82, 2.24) is 0 Å². The zero-order valence-electron chi connectivity index (χ0n) is 45.5. The maximum Gasteiger partial charge on any atom is 0.306 e. The first-order chi connectivity index (χ1) is 32.2. The molecule has 0 aliphatic heterocycles. The van der Waals surface area contributed by atoms with Crippen molar-refractivity contribution >= 4 is 17.9 Å². The second kappa shape index (κ2) is 51.3. The second-order valence-corrected chi connectivity index (χ2v) is 21.4. The minimum absolute atomic E-state index is 0.0639. The number of rotatable bonds is 53. The van der Waals surface area contributed by atoms with Gasteiger partial charge in [-0.15, -0.1) is 0 Å². The number of unbranched alkanes of at least 4 members (excludes halogenated alkanes) is 33. The van der Waals surface area contributed by atoms with Gasteiger partial charge in [-0.25, -0.2) is 0 Å². The van der Waals surface area contributed by atoms with Gasteiger partial charge in [-0.05, 0) is 37.0 Å². The summed E-state index contributed by atoms with van der Waals surface area (Å²) >= 11 is 0. The van der Waals surface area contributed by atoms with Crippen molar-refractivity contribution in [2.75, 3.05) is 13.2 Å². The molecule has 0 aliphatic rings. The zero-order valence-corrected chi connectivity index (χ0v) is 45.5. The van der Waals surface area contributed by atoms with Crippen LogP contribution >= 0.6 is 0 Å². The summed E-state index contributed by atoms with van der Waals surface area (Å²) in [7, 11) is 0. The lowest BCUT2D eigenvalue weighted by Gasteiger charge is -2.18. The van der Waals surface area contributed by atoms with Crippen molar-refractivity contribution in [1.29, 1.82) is 0 Å². The predicted octanol–water partition coefficient (Wildman–Crippen LogP) is 19.5. The fourth-order valence-corrected chi connectivity index (χ4v) is 9.08. The van der Waals surface area contributed by atoms with E-state index in [1.54, 1.807) is 0 Å². The number of carbonyl (C=O) groups excluding carboxylic acids is 3. The Bertz CT molecular complexity index is 1030. The molecule has 0 bridgehead atoms. The number of hydrogen-bond donors (Lipinski definition) is 0. The first-order valence-electron chi connectivity index (χ1n) is 29.7. The average Bonchev–Trinajstić information content (AvgIpc) is 3.32. The van der Waals surface area contributed by atoms with Crippen LogP contribution in [0.4, 0.5) is 0 Å². The Labute approximate surface area is 412 Å². The van der Waals surface area contributed by atoms with Crippen LogP contribution in [0.2, 0.25) is 0 Å². The fourth-order valence-electron chi connectivity index (χ4n) is 9.08. The van der Waals surface area contributed by atoms with Crippen molar-refractivity contribution in [3.05, 3.63) is 0 Å². The molecule has 0 rings (SSSR count). The van der Waals surface area contributed by atoms with Gasteiger partial charge in [0.05, 0.1) is 0 Å². The number of hydrogen-bond acceptors (Lipinski definition) is 6. The van der Waals surface area contributed by atoms with Crippen LogP contribution in [-0.2, 0) is 28.6 Å². The van der Waals surface area contributed by atoms with E-state index < -0.39 is 6.10 Å². The van der Waals surface area contributed by atoms with Gasteiger partial charge in [0.2, 0.25) is 0 Å². The Morgan fingerprint density at radius 3 is 0.712 bits per heavy atom. The van der Waals surface area contributed by atoms with E-state index in [2.05, 4.69) is 41.5 Å². The highest BCUT2D eigenvalue weighted by Gasteiger charge is 2.19. The lowest BCUT2D eigenvalue weighted by molar-refractivity contribution is -0.167. The van der Waals surface area contributed by atoms with Crippen LogP contribution in [0.3, 0.4) is 0 Å². The predicted molar refractivity (Wildman–Crippen MR) is 284 cm³/mol. The van der Waals surface area contributed by atoms with Crippen LogP contribution in [0.1, 0.15) is 330 Å². The zero-order chi connectivity index (χ0) is 48.4. The molecule has 6 nitrogen and oxygen atoms in total. The quantitative estimate of drug-likeness (QED) is 0.0343. The summed E-state index contributed by atoms with van der Waals surface area (Å²) in [5, 5.41) is 0. The first kappa shape index (κ1) is 64.4. The van der Waals surface area contributed by atoms with E-state index in [1.807, 2.05) is 0 Å². The summed E-state index contributed by atoms with van der Waals surface area (Å²) < 4.78 is 16.9. The monoisotopic (exact) mass is 933 g/mol. The number of ether oxygens (including phenoxy) is 3. The van der Waals surface area contributed by atoms with E-state index in [0.29, 0.717) is 19.3 Å². The molecule has 6 heteroatoms. The van der Waals surface area contributed by atoms with Gasteiger partial charge in [0, 0.05) is 19.3 Å². The van der Waals surface area contributed by atoms with Crippen LogP contribution in [0.5, 0.6) is 0 Å². The van der Waals surface area contributed by atoms with Crippen molar-refractivity contribution < 1.29 is 28.6 Å². The molecule has 0 saturated carbocycles. The molecule has 0 radical (unpaired) electrons. The minimum Gasteiger partial charge on any atom is -0.462 e. The Morgan fingerprint density at radius 1 is 0.288 bits per heavy atom. The molecule has 66 heavy (non-hydrogen) atoms. The summed E-state index contributed by atoms with van der Waals surface area (Å²) in [5.74, 6) is 1.78. The highest BCUT2D eigenvalue weighted by Crippen LogP contribution is 2.19. The van der Waals surface area contributed by atoms with Crippen LogP contribution in [-0.4, -0.2) is 37.2 Å². The van der Waals surface area contributed by atoms with Gasteiger partial charge < -0.3 is 14.2 Å². The first-order valence-corrected chi connectivity index (χ1v) is 29.7. The van der Waals surface area contributed by atoms with E-state index in [9.17, 15) is 14.4 Å². The van der Waals surface area contributed by atoms with Gasteiger partial charge >= 0.3 is 17.9 Å². The van der Waals surface area contributed by atoms with Gasteiger partial charge in [0.15, 0.2) is 6.10 Å². The fraction of sp³-hybridized carbons (Fsp3) is 0.950.